The van der Waals surface area contributed by atoms with Gasteiger partial charge in [0.25, 0.3) is 0 Å². The van der Waals surface area contributed by atoms with Crippen LogP contribution in [-0.2, 0) is 0 Å². The lowest BCUT2D eigenvalue weighted by molar-refractivity contribution is 0.0702. The smallest absolute Gasteiger partial charge is 0.346 e. The number of nitrogens with zero attached hydrogens (tertiary/aromatic N) is 2. The number of aromatic carboxylic acids is 1. The second kappa shape index (κ2) is 4.35. The lowest BCUT2D eigenvalue weighted by Gasteiger charge is -2.01. The molecule has 0 amide bonds. The van der Waals surface area contributed by atoms with Gasteiger partial charge in [0.1, 0.15) is 21.7 Å². The largest absolute Gasteiger partial charge is 0.477 e. The molecule has 1 N–H and O–H groups in total. The predicted molar refractivity (Wildman–Crippen MR) is 68.8 cm³/mol. The van der Waals surface area contributed by atoms with Gasteiger partial charge in [-0.2, -0.15) is 0 Å². The molecule has 0 aliphatic heterocycles. The monoisotopic (exact) mass is 278 g/mol. The second-order valence-electron chi connectivity index (χ2n) is 3.37. The number of ether oxygens (including phenoxy) is 1. The van der Waals surface area contributed by atoms with E-state index in [0.29, 0.717) is 11.6 Å². The summed E-state index contributed by atoms with van der Waals surface area (Å²) in [6, 6.07) is 3.36. The molecule has 0 aromatic carbocycles. The molecule has 90 valence electrons. The molecular weight excluding hydrogens is 272 g/mol. The minimum absolute atomic E-state index is 0.237. The van der Waals surface area contributed by atoms with Crippen LogP contribution in [0.4, 0.5) is 0 Å². The van der Waals surface area contributed by atoms with E-state index in [1.54, 1.807) is 5.38 Å². The Morgan fingerprint density at radius 1 is 1.33 bits per heavy atom. The topological polar surface area (TPSA) is 72.3 Å². The maximum atomic E-state index is 10.8. The summed E-state index contributed by atoms with van der Waals surface area (Å²) in [7, 11) is 0. The molecule has 0 aliphatic rings. The van der Waals surface area contributed by atoms with E-state index in [4.69, 9.17) is 9.84 Å². The lowest BCUT2D eigenvalue weighted by atomic mass is 10.4. The zero-order valence-corrected chi connectivity index (χ0v) is 10.5. The molecule has 7 heteroatoms. The molecule has 3 aromatic heterocycles. The van der Waals surface area contributed by atoms with Crippen LogP contribution in [0.2, 0.25) is 0 Å². The van der Waals surface area contributed by atoms with Crippen LogP contribution in [0.5, 0.6) is 11.6 Å². The van der Waals surface area contributed by atoms with E-state index in [1.807, 2.05) is 11.4 Å². The maximum absolute atomic E-state index is 10.8. The lowest BCUT2D eigenvalue weighted by Crippen LogP contribution is -1.91. The fourth-order valence-corrected chi connectivity index (χ4v) is 2.85. The SMILES string of the molecule is O=C(O)c1cc(Oc2ncnc3ccsc23)cs1. The van der Waals surface area contributed by atoms with Crippen molar-refractivity contribution < 1.29 is 14.6 Å². The number of carboxylic acids is 1. The number of rotatable bonds is 3. The van der Waals surface area contributed by atoms with E-state index in [-0.39, 0.29) is 4.88 Å². The Balaban J connectivity index is 1.96. The number of aromatic nitrogens is 2. The Morgan fingerprint density at radius 2 is 2.22 bits per heavy atom. The van der Waals surface area contributed by atoms with Gasteiger partial charge in [-0.15, -0.1) is 22.7 Å². The molecule has 0 unspecified atom stereocenters. The van der Waals surface area contributed by atoms with E-state index in [0.717, 1.165) is 21.6 Å². The van der Waals surface area contributed by atoms with Crippen molar-refractivity contribution in [3.8, 4) is 11.6 Å². The first kappa shape index (κ1) is 11.1. The summed E-state index contributed by atoms with van der Waals surface area (Å²) in [4.78, 5) is 19.2. The summed E-state index contributed by atoms with van der Waals surface area (Å²) in [5.74, 6) is -0.0330. The number of hydrogen-bond donors (Lipinski definition) is 1. The van der Waals surface area contributed by atoms with Crippen molar-refractivity contribution in [1.29, 1.82) is 0 Å². The standard InChI is InChI=1S/C11H6N2O3S2/c14-11(15)8-3-6(4-18-8)16-10-9-7(1-2-17-9)12-5-13-10/h1-5H,(H,14,15). The van der Waals surface area contributed by atoms with Crippen molar-refractivity contribution in [2.45, 2.75) is 0 Å². The van der Waals surface area contributed by atoms with Gasteiger partial charge in [0, 0.05) is 11.4 Å². The first-order valence-electron chi connectivity index (χ1n) is 4.92. The number of thiophene rings is 2. The fourth-order valence-electron chi connectivity index (χ4n) is 1.44. The molecule has 3 rings (SSSR count). The highest BCUT2D eigenvalue weighted by atomic mass is 32.1. The average Bonchev–Trinajstić information content (AvgIpc) is 2.97. The summed E-state index contributed by atoms with van der Waals surface area (Å²) >= 11 is 2.60. The number of fused-ring (bicyclic) bond motifs is 1. The van der Waals surface area contributed by atoms with Gasteiger partial charge in [0.15, 0.2) is 0 Å². The van der Waals surface area contributed by atoms with E-state index in [2.05, 4.69) is 9.97 Å². The minimum atomic E-state index is -0.959. The summed E-state index contributed by atoms with van der Waals surface area (Å²) in [6.07, 6.45) is 1.43. The van der Waals surface area contributed by atoms with Crippen molar-refractivity contribution in [2.24, 2.45) is 0 Å². The third-order valence-corrected chi connectivity index (χ3v) is 4.00. The van der Waals surface area contributed by atoms with Crippen molar-refractivity contribution in [2.75, 3.05) is 0 Å². The summed E-state index contributed by atoms with van der Waals surface area (Å²) in [6.45, 7) is 0. The highest BCUT2D eigenvalue weighted by molar-refractivity contribution is 7.17. The molecule has 3 heterocycles. The third-order valence-electron chi connectivity index (χ3n) is 2.21. The minimum Gasteiger partial charge on any atom is -0.477 e. The predicted octanol–water partition coefficient (Wildman–Crippen LogP) is 3.24. The Hall–Kier alpha value is -1.99. The summed E-state index contributed by atoms with van der Waals surface area (Å²) < 4.78 is 6.43. The zero-order chi connectivity index (χ0) is 12.5. The van der Waals surface area contributed by atoms with E-state index >= 15 is 0 Å². The van der Waals surface area contributed by atoms with E-state index < -0.39 is 5.97 Å². The molecule has 18 heavy (non-hydrogen) atoms. The van der Waals surface area contributed by atoms with E-state index in [9.17, 15) is 4.79 Å². The van der Waals surface area contributed by atoms with Gasteiger partial charge in [0.05, 0.1) is 5.52 Å². The molecule has 0 atom stereocenters. The molecule has 0 fully saturated rings. The van der Waals surface area contributed by atoms with Gasteiger partial charge >= 0.3 is 5.97 Å². The van der Waals surface area contributed by atoms with Crippen LogP contribution >= 0.6 is 22.7 Å². The third kappa shape index (κ3) is 1.93. The second-order valence-corrected chi connectivity index (χ2v) is 5.20. The molecule has 0 spiro atoms. The molecule has 0 radical (unpaired) electrons. The van der Waals surface area contributed by atoms with Crippen LogP contribution < -0.4 is 4.74 Å². The van der Waals surface area contributed by atoms with Gasteiger partial charge in [-0.25, -0.2) is 14.8 Å². The van der Waals surface area contributed by atoms with E-state index in [1.165, 1.54) is 23.7 Å². The highest BCUT2D eigenvalue weighted by Gasteiger charge is 2.11. The molecule has 0 saturated heterocycles. The normalized spacial score (nSPS) is 10.7. The quantitative estimate of drug-likeness (QED) is 0.796. The number of hydrogen-bond acceptors (Lipinski definition) is 6. The maximum Gasteiger partial charge on any atom is 0.346 e. The molecule has 0 saturated carbocycles. The Kier molecular flexibility index (Phi) is 2.69. The molecule has 3 aromatic rings. The van der Waals surface area contributed by atoms with Crippen molar-refractivity contribution in [3.05, 3.63) is 34.1 Å². The van der Waals surface area contributed by atoms with Crippen LogP contribution in [0, 0.1) is 0 Å². The first-order valence-corrected chi connectivity index (χ1v) is 6.68. The highest BCUT2D eigenvalue weighted by Crippen LogP contribution is 2.32. The molecule has 5 nitrogen and oxygen atoms in total. The van der Waals surface area contributed by atoms with Gasteiger partial charge < -0.3 is 9.84 Å². The first-order chi connectivity index (χ1) is 8.74. The van der Waals surface area contributed by atoms with Crippen molar-refractivity contribution in [3.63, 3.8) is 0 Å². The van der Waals surface area contributed by atoms with Crippen molar-refractivity contribution in [1.82, 2.24) is 9.97 Å². The van der Waals surface area contributed by atoms with Gasteiger partial charge in [-0.3, -0.25) is 0 Å². The fraction of sp³-hybridized carbons (Fsp3) is 0. The van der Waals surface area contributed by atoms with Crippen LogP contribution in [0.1, 0.15) is 9.67 Å². The zero-order valence-electron chi connectivity index (χ0n) is 8.86. The Labute approximate surface area is 109 Å². The van der Waals surface area contributed by atoms with Crippen molar-refractivity contribution >= 4 is 38.9 Å². The molecular formula is C11H6N2O3S2. The Morgan fingerprint density at radius 3 is 3.00 bits per heavy atom. The summed E-state index contributed by atoms with van der Waals surface area (Å²) in [5.41, 5.74) is 0.818. The number of carboxylic acid groups (broad SMARTS) is 1. The number of carbonyl (C=O) groups is 1. The van der Waals surface area contributed by atoms with Crippen LogP contribution in [0.15, 0.2) is 29.2 Å². The average molecular weight is 278 g/mol. The molecule has 0 aliphatic carbocycles. The molecule has 0 bridgehead atoms. The summed E-state index contributed by atoms with van der Waals surface area (Å²) in [5, 5.41) is 12.4. The van der Waals surface area contributed by atoms with Crippen LogP contribution in [-0.4, -0.2) is 21.0 Å². The van der Waals surface area contributed by atoms with Gasteiger partial charge in [-0.1, -0.05) is 0 Å². The van der Waals surface area contributed by atoms with Crippen LogP contribution in [0.25, 0.3) is 10.2 Å². The van der Waals surface area contributed by atoms with Gasteiger partial charge in [0.2, 0.25) is 5.88 Å². The Bertz CT molecular complexity index is 720. The van der Waals surface area contributed by atoms with Gasteiger partial charge in [-0.05, 0) is 11.4 Å². The van der Waals surface area contributed by atoms with Crippen LogP contribution in [0.3, 0.4) is 0 Å².